The number of fused-ring (bicyclic) bond motifs is 1. The smallest absolute Gasteiger partial charge is 0.0453 e. The van der Waals surface area contributed by atoms with Gasteiger partial charge in [-0.3, -0.25) is 0 Å². The van der Waals surface area contributed by atoms with Gasteiger partial charge >= 0.3 is 0 Å². The predicted octanol–water partition coefficient (Wildman–Crippen LogP) is 4.16. The monoisotopic (exact) mass is 301 g/mol. The minimum atomic E-state index is 0.575. The Morgan fingerprint density at radius 1 is 1.50 bits per heavy atom. The lowest BCUT2D eigenvalue weighted by Gasteiger charge is -2.28. The lowest BCUT2D eigenvalue weighted by molar-refractivity contribution is 0.398. The van der Waals surface area contributed by atoms with Crippen LogP contribution in [0.1, 0.15) is 31.4 Å². The molecule has 0 radical (unpaired) electrons. The molecule has 1 aromatic rings. The van der Waals surface area contributed by atoms with E-state index in [0.29, 0.717) is 6.04 Å². The van der Waals surface area contributed by atoms with Gasteiger partial charge in [0.1, 0.15) is 0 Å². The van der Waals surface area contributed by atoms with Crippen LogP contribution in [-0.2, 0) is 13.0 Å². The number of hydrogen-bond donors (Lipinski definition) is 1. The molecule has 1 unspecified atom stereocenters. The molecule has 1 aliphatic heterocycles. The summed E-state index contributed by atoms with van der Waals surface area (Å²) in [5.41, 5.74) is 2.66. The quantitative estimate of drug-likeness (QED) is 0.865. The van der Waals surface area contributed by atoms with Crippen molar-refractivity contribution >= 4 is 27.5 Å². The van der Waals surface area contributed by atoms with E-state index in [-0.39, 0.29) is 0 Å². The van der Waals surface area contributed by atoms with Crippen molar-refractivity contribution in [3.05, 3.63) is 32.8 Å². The highest BCUT2D eigenvalue weighted by molar-refractivity contribution is 9.10. The van der Waals surface area contributed by atoms with Crippen molar-refractivity contribution in [2.75, 3.05) is 0 Å². The van der Waals surface area contributed by atoms with E-state index in [1.165, 1.54) is 17.5 Å². The summed E-state index contributed by atoms with van der Waals surface area (Å²) in [7, 11) is 0. The van der Waals surface area contributed by atoms with Gasteiger partial charge in [0.05, 0.1) is 0 Å². The number of halogens is 2. The third kappa shape index (κ3) is 2.79. The summed E-state index contributed by atoms with van der Waals surface area (Å²) in [4.78, 5) is 0. The maximum atomic E-state index is 6.29. The summed E-state index contributed by atoms with van der Waals surface area (Å²) in [6.07, 6.45) is 2.27. The van der Waals surface area contributed by atoms with Crippen LogP contribution >= 0.6 is 27.5 Å². The van der Waals surface area contributed by atoms with Gasteiger partial charge in [0.2, 0.25) is 0 Å². The van der Waals surface area contributed by atoms with Gasteiger partial charge in [-0.2, -0.15) is 0 Å². The first kappa shape index (κ1) is 12.4. The molecule has 0 saturated heterocycles. The minimum absolute atomic E-state index is 0.575. The highest BCUT2D eigenvalue weighted by Crippen LogP contribution is 2.30. The Kier molecular flexibility index (Phi) is 3.93. The van der Waals surface area contributed by atoms with E-state index in [9.17, 15) is 0 Å². The Bertz CT molecular complexity index is 390. The summed E-state index contributed by atoms with van der Waals surface area (Å²) >= 11 is 9.78. The third-order valence-corrected chi connectivity index (χ3v) is 3.84. The largest absolute Gasteiger partial charge is 0.310 e. The highest BCUT2D eigenvalue weighted by atomic mass is 79.9. The molecule has 88 valence electrons. The van der Waals surface area contributed by atoms with Crippen LogP contribution in [0.5, 0.6) is 0 Å². The Morgan fingerprint density at radius 3 is 2.94 bits per heavy atom. The minimum Gasteiger partial charge on any atom is -0.310 e. The zero-order chi connectivity index (χ0) is 11.7. The molecule has 0 aromatic heterocycles. The van der Waals surface area contributed by atoms with Crippen LogP contribution in [0.15, 0.2) is 16.6 Å². The molecule has 0 spiro atoms. The summed E-state index contributed by atoms with van der Waals surface area (Å²) in [6.45, 7) is 5.46. The fraction of sp³-hybridized carbons (Fsp3) is 0.538. The molecule has 1 atom stereocenters. The number of rotatable bonds is 2. The standard InChI is InChI=1S/C13H17BrClN/c1-8(2)3-11-6-12-9(7-16-11)4-10(14)5-13(12)15/h4-5,8,11,16H,3,6-7H2,1-2H3. The zero-order valence-electron chi connectivity index (χ0n) is 9.69. The Labute approximate surface area is 111 Å². The van der Waals surface area contributed by atoms with Gasteiger partial charge in [-0.05, 0) is 42.0 Å². The van der Waals surface area contributed by atoms with Gasteiger partial charge in [-0.15, -0.1) is 0 Å². The van der Waals surface area contributed by atoms with Gasteiger partial charge in [0, 0.05) is 22.1 Å². The fourth-order valence-corrected chi connectivity index (χ4v) is 3.30. The molecular formula is C13H17BrClN. The normalized spacial score (nSPS) is 19.9. The molecule has 0 bridgehead atoms. The molecule has 0 fully saturated rings. The van der Waals surface area contributed by atoms with Crippen molar-refractivity contribution in [1.82, 2.24) is 5.32 Å². The first-order valence-electron chi connectivity index (χ1n) is 5.76. The number of nitrogens with one attached hydrogen (secondary N) is 1. The van der Waals surface area contributed by atoms with Crippen molar-refractivity contribution in [3.8, 4) is 0 Å². The molecule has 1 N–H and O–H groups in total. The van der Waals surface area contributed by atoms with Gasteiger partial charge < -0.3 is 5.32 Å². The Hall–Kier alpha value is -0.0500. The molecule has 1 aromatic carbocycles. The van der Waals surface area contributed by atoms with Crippen LogP contribution in [0.25, 0.3) is 0 Å². The fourth-order valence-electron chi connectivity index (χ4n) is 2.35. The predicted molar refractivity (Wildman–Crippen MR) is 72.9 cm³/mol. The average Bonchev–Trinajstić information content (AvgIpc) is 2.18. The topological polar surface area (TPSA) is 12.0 Å². The van der Waals surface area contributed by atoms with Crippen LogP contribution in [-0.4, -0.2) is 6.04 Å². The van der Waals surface area contributed by atoms with Crippen molar-refractivity contribution in [1.29, 1.82) is 0 Å². The zero-order valence-corrected chi connectivity index (χ0v) is 12.0. The number of hydrogen-bond acceptors (Lipinski definition) is 1. The van der Waals surface area contributed by atoms with Crippen molar-refractivity contribution in [2.45, 2.75) is 39.3 Å². The van der Waals surface area contributed by atoms with Crippen LogP contribution < -0.4 is 5.32 Å². The molecular weight excluding hydrogens is 286 g/mol. The first-order valence-corrected chi connectivity index (χ1v) is 6.93. The molecule has 1 heterocycles. The molecule has 2 rings (SSSR count). The SMILES string of the molecule is CC(C)CC1Cc2c(Cl)cc(Br)cc2CN1. The Balaban J connectivity index is 2.20. The van der Waals surface area contributed by atoms with E-state index < -0.39 is 0 Å². The van der Waals surface area contributed by atoms with Gasteiger partial charge in [0.25, 0.3) is 0 Å². The van der Waals surface area contributed by atoms with E-state index in [2.05, 4.69) is 41.2 Å². The van der Waals surface area contributed by atoms with Crippen molar-refractivity contribution in [2.24, 2.45) is 5.92 Å². The molecule has 0 amide bonds. The number of benzene rings is 1. The van der Waals surface area contributed by atoms with Crippen LogP contribution in [0.2, 0.25) is 5.02 Å². The van der Waals surface area contributed by atoms with E-state index in [4.69, 9.17) is 11.6 Å². The lowest BCUT2D eigenvalue weighted by atomic mass is 9.91. The first-order chi connectivity index (χ1) is 7.56. The van der Waals surface area contributed by atoms with E-state index >= 15 is 0 Å². The van der Waals surface area contributed by atoms with E-state index in [1.807, 2.05) is 6.07 Å². The molecule has 1 aliphatic rings. The summed E-state index contributed by atoms with van der Waals surface area (Å²) in [6, 6.07) is 4.74. The lowest BCUT2D eigenvalue weighted by Crippen LogP contribution is -2.36. The van der Waals surface area contributed by atoms with E-state index in [1.54, 1.807) is 0 Å². The van der Waals surface area contributed by atoms with Crippen molar-refractivity contribution < 1.29 is 0 Å². The average molecular weight is 303 g/mol. The van der Waals surface area contributed by atoms with Gasteiger partial charge in [-0.25, -0.2) is 0 Å². The molecule has 0 saturated carbocycles. The summed E-state index contributed by atoms with van der Waals surface area (Å²) < 4.78 is 1.07. The second-order valence-corrected chi connectivity index (χ2v) is 6.26. The highest BCUT2D eigenvalue weighted by Gasteiger charge is 2.21. The Morgan fingerprint density at radius 2 is 2.25 bits per heavy atom. The second kappa shape index (κ2) is 5.07. The van der Waals surface area contributed by atoms with Crippen LogP contribution in [0.3, 0.4) is 0 Å². The second-order valence-electron chi connectivity index (χ2n) is 4.94. The summed E-state index contributed by atoms with van der Waals surface area (Å²) in [5.74, 6) is 0.730. The van der Waals surface area contributed by atoms with Crippen molar-refractivity contribution in [3.63, 3.8) is 0 Å². The van der Waals surface area contributed by atoms with Crippen LogP contribution in [0.4, 0.5) is 0 Å². The van der Waals surface area contributed by atoms with E-state index in [0.717, 1.165) is 28.4 Å². The summed E-state index contributed by atoms with van der Waals surface area (Å²) in [5, 5.41) is 4.48. The maximum Gasteiger partial charge on any atom is 0.0453 e. The molecule has 3 heteroatoms. The molecule has 16 heavy (non-hydrogen) atoms. The third-order valence-electron chi connectivity index (χ3n) is 3.04. The molecule has 1 nitrogen and oxygen atoms in total. The van der Waals surface area contributed by atoms with Gasteiger partial charge in [0.15, 0.2) is 0 Å². The molecule has 0 aliphatic carbocycles. The van der Waals surface area contributed by atoms with Gasteiger partial charge in [-0.1, -0.05) is 41.4 Å². The maximum absolute atomic E-state index is 6.29. The van der Waals surface area contributed by atoms with Crippen LogP contribution in [0, 0.1) is 5.92 Å².